The van der Waals surface area contributed by atoms with Crippen molar-refractivity contribution < 1.29 is 9.31 Å². The summed E-state index contributed by atoms with van der Waals surface area (Å²) in [4.78, 5) is 4.29. The monoisotopic (exact) mass is 233 g/mol. The fourth-order valence-corrected chi connectivity index (χ4v) is 2.18. The predicted molar refractivity (Wildman–Crippen MR) is 69.3 cm³/mol. The van der Waals surface area contributed by atoms with E-state index in [1.807, 2.05) is 19.1 Å². The van der Waals surface area contributed by atoms with Crippen molar-refractivity contribution >= 4 is 12.6 Å². The normalized spacial score (nSPS) is 27.5. The van der Waals surface area contributed by atoms with Crippen LogP contribution in [0.25, 0.3) is 0 Å². The molecule has 1 aromatic rings. The summed E-state index contributed by atoms with van der Waals surface area (Å²) in [5.74, 6) is 0. The van der Waals surface area contributed by atoms with Crippen LogP contribution in [0.4, 0.5) is 0 Å². The molecule has 92 valence electrons. The average molecular weight is 233 g/mol. The van der Waals surface area contributed by atoms with Crippen LogP contribution in [0.15, 0.2) is 18.3 Å². The van der Waals surface area contributed by atoms with E-state index < -0.39 is 0 Å². The first kappa shape index (κ1) is 12.6. The Kier molecular flexibility index (Phi) is 3.04. The van der Waals surface area contributed by atoms with Crippen molar-refractivity contribution in [1.82, 2.24) is 4.98 Å². The second-order valence-corrected chi connectivity index (χ2v) is 5.34. The molecule has 17 heavy (non-hydrogen) atoms. The molecule has 0 spiro atoms. The van der Waals surface area contributed by atoms with Gasteiger partial charge in [0.15, 0.2) is 0 Å². The molecule has 1 unspecified atom stereocenters. The smallest absolute Gasteiger partial charge is 0.399 e. The minimum atomic E-state index is -0.302. The molecule has 1 aromatic heterocycles. The van der Waals surface area contributed by atoms with E-state index in [1.165, 1.54) is 0 Å². The average Bonchev–Trinajstić information content (AvgIpc) is 2.51. The Morgan fingerprint density at radius 3 is 2.53 bits per heavy atom. The van der Waals surface area contributed by atoms with Crippen LogP contribution in [0.2, 0.25) is 0 Å². The molecule has 1 fully saturated rings. The van der Waals surface area contributed by atoms with Crippen molar-refractivity contribution in [2.24, 2.45) is 0 Å². The van der Waals surface area contributed by atoms with Crippen molar-refractivity contribution in [2.75, 3.05) is 0 Å². The van der Waals surface area contributed by atoms with Crippen LogP contribution in [0.3, 0.4) is 0 Å². The summed E-state index contributed by atoms with van der Waals surface area (Å²) in [6, 6.07) is 3.94. The summed E-state index contributed by atoms with van der Waals surface area (Å²) < 4.78 is 12.2. The third-order valence-electron chi connectivity index (χ3n) is 4.02. The molecule has 1 saturated heterocycles. The zero-order chi connectivity index (χ0) is 12.7. The molecule has 0 bridgehead atoms. The fraction of sp³-hybridized carbons (Fsp3) is 0.615. The van der Waals surface area contributed by atoms with Gasteiger partial charge in [0.2, 0.25) is 0 Å². The summed E-state index contributed by atoms with van der Waals surface area (Å²) >= 11 is 0. The summed E-state index contributed by atoms with van der Waals surface area (Å²) in [7, 11) is -0.302. The summed E-state index contributed by atoms with van der Waals surface area (Å²) in [6.07, 6.45) is 2.72. The van der Waals surface area contributed by atoms with Crippen molar-refractivity contribution in [3.63, 3.8) is 0 Å². The number of pyridine rings is 1. The molecule has 0 radical (unpaired) electrons. The van der Waals surface area contributed by atoms with Crippen molar-refractivity contribution in [3.8, 4) is 0 Å². The van der Waals surface area contributed by atoms with Crippen LogP contribution < -0.4 is 5.46 Å². The van der Waals surface area contributed by atoms with Crippen molar-refractivity contribution in [2.45, 2.75) is 52.2 Å². The lowest BCUT2D eigenvalue weighted by atomic mass is 9.78. The third-order valence-corrected chi connectivity index (χ3v) is 4.02. The third kappa shape index (κ3) is 2.00. The van der Waals surface area contributed by atoms with E-state index in [0.29, 0.717) is 0 Å². The second kappa shape index (κ2) is 4.11. The number of aryl methyl sites for hydroxylation is 1. The molecule has 1 aliphatic rings. The quantitative estimate of drug-likeness (QED) is 0.733. The number of aromatic nitrogens is 1. The largest absolute Gasteiger partial charge is 0.496 e. The van der Waals surface area contributed by atoms with Gasteiger partial charge in [-0.25, -0.2) is 0 Å². The molecule has 3 nitrogen and oxygen atoms in total. The number of nitrogens with zero attached hydrogens (tertiary/aromatic N) is 1. The number of hydrogen-bond acceptors (Lipinski definition) is 3. The van der Waals surface area contributed by atoms with Gasteiger partial charge in [-0.15, -0.1) is 0 Å². The first-order valence-electron chi connectivity index (χ1n) is 6.17. The van der Waals surface area contributed by atoms with Gasteiger partial charge in [0.05, 0.1) is 11.2 Å². The first-order chi connectivity index (χ1) is 7.89. The maximum absolute atomic E-state index is 6.12. The summed E-state index contributed by atoms with van der Waals surface area (Å²) in [5, 5.41) is 0. The van der Waals surface area contributed by atoms with Gasteiger partial charge in [-0.2, -0.15) is 0 Å². The zero-order valence-electron chi connectivity index (χ0n) is 11.3. The number of hydrogen-bond donors (Lipinski definition) is 0. The van der Waals surface area contributed by atoms with Gasteiger partial charge in [-0.05, 0) is 40.2 Å². The Labute approximate surface area is 104 Å². The van der Waals surface area contributed by atoms with Crippen molar-refractivity contribution in [3.05, 3.63) is 24.0 Å². The highest BCUT2D eigenvalue weighted by Crippen LogP contribution is 2.39. The highest BCUT2D eigenvalue weighted by molar-refractivity contribution is 6.62. The van der Waals surface area contributed by atoms with E-state index >= 15 is 0 Å². The minimum absolute atomic E-state index is 0.250. The Bertz CT molecular complexity index is 422. The van der Waals surface area contributed by atoms with Crippen LogP contribution in [-0.4, -0.2) is 23.3 Å². The van der Waals surface area contributed by atoms with Gasteiger partial charge >= 0.3 is 7.12 Å². The van der Waals surface area contributed by atoms with E-state index in [4.69, 9.17) is 9.31 Å². The molecule has 4 heteroatoms. The second-order valence-electron chi connectivity index (χ2n) is 5.34. The molecule has 2 rings (SSSR count). The molecule has 0 aromatic carbocycles. The summed E-state index contributed by atoms with van der Waals surface area (Å²) in [6.45, 7) is 10.4. The zero-order valence-corrected chi connectivity index (χ0v) is 11.3. The van der Waals surface area contributed by atoms with E-state index in [9.17, 15) is 0 Å². The molecule has 0 amide bonds. The number of rotatable bonds is 2. The topological polar surface area (TPSA) is 31.4 Å². The molecule has 0 saturated carbocycles. The SMILES string of the molecule is CCC1(C)OB(c2cccnc2C)OC1(C)C. The van der Waals surface area contributed by atoms with Gasteiger partial charge in [0.25, 0.3) is 0 Å². The van der Waals surface area contributed by atoms with E-state index in [0.717, 1.165) is 17.6 Å². The van der Waals surface area contributed by atoms with Gasteiger partial charge < -0.3 is 9.31 Å². The predicted octanol–water partition coefficient (Wildman–Crippen LogP) is 2.08. The molecule has 0 N–H and O–H groups in total. The molecular formula is C13H20BNO2. The molecule has 0 aliphatic carbocycles. The summed E-state index contributed by atoms with van der Waals surface area (Å²) in [5.41, 5.74) is 1.46. The minimum Gasteiger partial charge on any atom is -0.399 e. The van der Waals surface area contributed by atoms with Crippen molar-refractivity contribution in [1.29, 1.82) is 0 Å². The Morgan fingerprint density at radius 1 is 1.29 bits per heavy atom. The van der Waals surface area contributed by atoms with Gasteiger partial charge in [-0.1, -0.05) is 13.0 Å². The lowest BCUT2D eigenvalue weighted by Gasteiger charge is -2.35. The van der Waals surface area contributed by atoms with Gasteiger partial charge in [0, 0.05) is 17.4 Å². The van der Waals surface area contributed by atoms with Crippen LogP contribution in [0, 0.1) is 6.92 Å². The highest BCUT2D eigenvalue weighted by atomic mass is 16.7. The standard InChI is InChI=1S/C13H20BNO2/c1-6-13(5)12(3,4)16-14(17-13)11-8-7-9-15-10(11)2/h7-9H,6H2,1-5H3. The first-order valence-corrected chi connectivity index (χ1v) is 6.17. The van der Waals surface area contributed by atoms with Gasteiger partial charge in [0.1, 0.15) is 0 Å². The van der Waals surface area contributed by atoms with Crippen LogP contribution in [0.5, 0.6) is 0 Å². The van der Waals surface area contributed by atoms with E-state index in [2.05, 4.69) is 32.7 Å². The lowest BCUT2D eigenvalue weighted by molar-refractivity contribution is -0.0118. The molecule has 1 atom stereocenters. The van der Waals surface area contributed by atoms with Gasteiger partial charge in [-0.3, -0.25) is 4.98 Å². The Hall–Kier alpha value is -0.865. The van der Waals surface area contributed by atoms with Crippen LogP contribution in [0.1, 0.15) is 39.8 Å². The molecular weight excluding hydrogens is 213 g/mol. The fourth-order valence-electron chi connectivity index (χ4n) is 2.18. The Balaban J connectivity index is 2.31. The lowest BCUT2D eigenvalue weighted by Crippen LogP contribution is -2.44. The van der Waals surface area contributed by atoms with Crippen LogP contribution in [-0.2, 0) is 9.31 Å². The maximum Gasteiger partial charge on any atom is 0.496 e. The molecule has 2 heterocycles. The van der Waals surface area contributed by atoms with E-state index in [1.54, 1.807) is 6.20 Å². The Morgan fingerprint density at radius 2 is 2.00 bits per heavy atom. The van der Waals surface area contributed by atoms with E-state index in [-0.39, 0.29) is 18.3 Å². The maximum atomic E-state index is 6.12. The highest BCUT2D eigenvalue weighted by Gasteiger charge is 2.53. The molecule has 1 aliphatic heterocycles. The van der Waals surface area contributed by atoms with Crippen LogP contribution >= 0.6 is 0 Å².